The number of fused-ring (bicyclic) bond motifs is 1. The molecule has 8 nitrogen and oxygen atoms in total. The number of benzene rings is 1. The maximum Gasteiger partial charge on any atom is 0.277 e. The molecule has 0 N–H and O–H groups in total. The van der Waals surface area contributed by atoms with E-state index < -0.39 is 9.84 Å². The third-order valence-corrected chi connectivity index (χ3v) is 9.90. The third kappa shape index (κ3) is 4.99. The Hall–Kier alpha value is -1.98. The van der Waals surface area contributed by atoms with Crippen LogP contribution in [-0.2, 0) is 21.1 Å². The van der Waals surface area contributed by atoms with Crippen LogP contribution < -0.4 is 0 Å². The van der Waals surface area contributed by atoms with Gasteiger partial charge in [-0.2, -0.15) is 0 Å². The Kier molecular flexibility index (Phi) is 6.22. The zero-order chi connectivity index (χ0) is 22.1. The fourth-order valence-corrected chi connectivity index (χ4v) is 8.00. The monoisotopic (exact) mass is 492 g/mol. The van der Waals surface area contributed by atoms with Crippen molar-refractivity contribution in [3.63, 3.8) is 0 Å². The van der Waals surface area contributed by atoms with E-state index in [4.69, 9.17) is 9.40 Å². The van der Waals surface area contributed by atoms with E-state index in [1.807, 2.05) is 23.1 Å². The molecule has 4 heterocycles. The average Bonchev–Trinajstić information content (AvgIpc) is 3.50. The molecule has 0 radical (unpaired) electrons. The number of thiazole rings is 1. The quantitative estimate of drug-likeness (QED) is 0.483. The van der Waals surface area contributed by atoms with Crippen LogP contribution in [0, 0.1) is 5.92 Å². The molecule has 0 spiro atoms. The van der Waals surface area contributed by atoms with Crippen molar-refractivity contribution in [2.24, 2.45) is 5.92 Å². The van der Waals surface area contributed by atoms with Gasteiger partial charge in [0.1, 0.15) is 0 Å². The van der Waals surface area contributed by atoms with Gasteiger partial charge in [0, 0.05) is 25.4 Å². The lowest BCUT2D eigenvalue weighted by Crippen LogP contribution is -2.38. The second-order valence-corrected chi connectivity index (χ2v) is 12.6. The summed E-state index contributed by atoms with van der Waals surface area (Å²) in [6.45, 7) is 1.45. The van der Waals surface area contributed by atoms with Gasteiger partial charge in [-0.25, -0.2) is 13.4 Å². The Labute approximate surface area is 194 Å². The van der Waals surface area contributed by atoms with E-state index in [1.165, 1.54) is 21.5 Å². The summed E-state index contributed by atoms with van der Waals surface area (Å²) in [7, 11) is -2.92. The Morgan fingerprint density at radius 1 is 1.19 bits per heavy atom. The number of nitrogens with zero attached hydrogens (tertiary/aromatic N) is 4. The maximum atomic E-state index is 12.6. The number of hydrogen-bond acceptors (Lipinski definition) is 9. The molecular weight excluding hydrogens is 468 g/mol. The van der Waals surface area contributed by atoms with Crippen molar-refractivity contribution in [2.75, 3.05) is 30.3 Å². The highest BCUT2D eigenvalue weighted by Gasteiger charge is 2.30. The van der Waals surface area contributed by atoms with Crippen LogP contribution in [0.1, 0.15) is 36.1 Å². The molecule has 0 aliphatic carbocycles. The number of thioether (sulfide) groups is 1. The molecule has 2 saturated heterocycles. The van der Waals surface area contributed by atoms with E-state index in [1.54, 1.807) is 11.3 Å². The van der Waals surface area contributed by atoms with Gasteiger partial charge in [0.15, 0.2) is 9.84 Å². The predicted molar refractivity (Wildman–Crippen MR) is 124 cm³/mol. The molecule has 0 saturated carbocycles. The number of sulfone groups is 1. The van der Waals surface area contributed by atoms with Crippen LogP contribution in [0.5, 0.6) is 0 Å². The van der Waals surface area contributed by atoms with Gasteiger partial charge in [0.25, 0.3) is 5.22 Å². The molecule has 2 aliphatic rings. The van der Waals surface area contributed by atoms with Gasteiger partial charge in [0.2, 0.25) is 11.8 Å². The topological polar surface area (TPSA) is 106 Å². The van der Waals surface area contributed by atoms with Gasteiger partial charge in [-0.15, -0.1) is 21.5 Å². The summed E-state index contributed by atoms with van der Waals surface area (Å²) >= 11 is 3.00. The first-order valence-electron chi connectivity index (χ1n) is 10.7. The number of aromatic nitrogens is 3. The Morgan fingerprint density at radius 2 is 2.00 bits per heavy atom. The normalized spacial score (nSPS) is 21.4. The van der Waals surface area contributed by atoms with Gasteiger partial charge in [-0.3, -0.25) is 4.79 Å². The molecule has 1 aromatic carbocycles. The molecular formula is C21H24N4O4S3. The second-order valence-electron chi connectivity index (χ2n) is 8.40. The molecule has 1 atom stereocenters. The number of piperidine rings is 1. The van der Waals surface area contributed by atoms with Crippen molar-refractivity contribution in [3.8, 4) is 0 Å². The van der Waals surface area contributed by atoms with Gasteiger partial charge in [-0.1, -0.05) is 23.9 Å². The van der Waals surface area contributed by atoms with E-state index in [2.05, 4.69) is 16.3 Å². The van der Waals surface area contributed by atoms with E-state index in [9.17, 15) is 13.2 Å². The van der Waals surface area contributed by atoms with Gasteiger partial charge in [0.05, 0.1) is 32.5 Å². The van der Waals surface area contributed by atoms with Crippen LogP contribution in [0.4, 0.5) is 0 Å². The minimum Gasteiger partial charge on any atom is -0.416 e. The average molecular weight is 493 g/mol. The van der Waals surface area contributed by atoms with Crippen molar-refractivity contribution in [1.82, 2.24) is 20.1 Å². The van der Waals surface area contributed by atoms with Crippen LogP contribution in [0.15, 0.2) is 33.9 Å². The van der Waals surface area contributed by atoms with Crippen molar-refractivity contribution in [1.29, 1.82) is 0 Å². The van der Waals surface area contributed by atoms with Crippen LogP contribution in [0.2, 0.25) is 0 Å². The first-order valence-corrected chi connectivity index (χ1v) is 14.4. The minimum absolute atomic E-state index is 0.0386. The van der Waals surface area contributed by atoms with Crippen LogP contribution >= 0.6 is 23.1 Å². The van der Waals surface area contributed by atoms with E-state index in [0.29, 0.717) is 29.9 Å². The molecule has 3 aromatic rings. The first kappa shape index (κ1) is 21.8. The smallest absolute Gasteiger partial charge is 0.277 e. The number of carbonyl (C=O) groups excluding carboxylic acids is 1. The highest BCUT2D eigenvalue weighted by atomic mass is 32.2. The molecule has 170 valence electrons. The molecule has 1 amide bonds. The number of hydrogen-bond donors (Lipinski definition) is 0. The lowest BCUT2D eigenvalue weighted by Gasteiger charge is -2.31. The summed E-state index contributed by atoms with van der Waals surface area (Å²) in [5.74, 6) is 1.63. The Bertz CT molecular complexity index is 1180. The first-order chi connectivity index (χ1) is 15.4. The summed E-state index contributed by atoms with van der Waals surface area (Å²) in [4.78, 5) is 19.3. The fourth-order valence-electron chi connectivity index (χ4n) is 4.31. The predicted octanol–water partition coefficient (Wildman–Crippen LogP) is 3.15. The van der Waals surface area contributed by atoms with Gasteiger partial charge < -0.3 is 9.32 Å². The third-order valence-electron chi connectivity index (χ3n) is 6.06. The van der Waals surface area contributed by atoms with E-state index in [0.717, 1.165) is 31.4 Å². The molecule has 1 unspecified atom stereocenters. The van der Waals surface area contributed by atoms with Gasteiger partial charge >= 0.3 is 0 Å². The van der Waals surface area contributed by atoms with Crippen molar-refractivity contribution < 1.29 is 17.6 Å². The largest absolute Gasteiger partial charge is 0.416 e. The molecule has 0 bridgehead atoms. The summed E-state index contributed by atoms with van der Waals surface area (Å²) in [6.07, 6.45) is 2.95. The summed E-state index contributed by atoms with van der Waals surface area (Å²) in [6, 6.07) is 8.19. The lowest BCUT2D eigenvalue weighted by molar-refractivity contribution is -0.129. The molecule has 2 aliphatic heterocycles. The SMILES string of the molecule is O=C(CSc1nnc(CC2CCS(=O)(=O)C2)o1)N1CCC(c2nc3ccccc3s2)CC1. The zero-order valence-electron chi connectivity index (χ0n) is 17.5. The summed E-state index contributed by atoms with van der Waals surface area (Å²) < 4.78 is 30.0. The highest BCUT2D eigenvalue weighted by Crippen LogP contribution is 2.34. The second kappa shape index (κ2) is 9.11. The van der Waals surface area contributed by atoms with Crippen molar-refractivity contribution in [2.45, 2.75) is 36.8 Å². The zero-order valence-corrected chi connectivity index (χ0v) is 19.9. The molecule has 32 heavy (non-hydrogen) atoms. The number of para-hydroxylation sites is 1. The lowest BCUT2D eigenvalue weighted by atomic mass is 9.97. The summed E-state index contributed by atoms with van der Waals surface area (Å²) in [5.41, 5.74) is 1.05. The van der Waals surface area contributed by atoms with Crippen LogP contribution in [0.3, 0.4) is 0 Å². The Balaban J connectivity index is 1.09. The maximum absolute atomic E-state index is 12.6. The van der Waals surface area contributed by atoms with Crippen molar-refractivity contribution in [3.05, 3.63) is 35.2 Å². The van der Waals surface area contributed by atoms with Crippen molar-refractivity contribution >= 4 is 49.1 Å². The summed E-state index contributed by atoms with van der Waals surface area (Å²) in [5, 5.41) is 9.55. The highest BCUT2D eigenvalue weighted by molar-refractivity contribution is 7.99. The molecule has 2 aromatic heterocycles. The molecule has 5 rings (SSSR count). The van der Waals surface area contributed by atoms with Crippen LogP contribution in [0.25, 0.3) is 10.2 Å². The number of likely N-dealkylation sites (tertiary alicyclic amines) is 1. The number of carbonyl (C=O) groups is 1. The molecule has 2 fully saturated rings. The van der Waals surface area contributed by atoms with E-state index in [-0.39, 0.29) is 29.1 Å². The van der Waals surface area contributed by atoms with Gasteiger partial charge in [-0.05, 0) is 37.3 Å². The van der Waals surface area contributed by atoms with Crippen LogP contribution in [-0.4, -0.2) is 64.8 Å². The number of rotatable bonds is 6. The molecule has 11 heteroatoms. The Morgan fingerprint density at radius 3 is 2.75 bits per heavy atom. The minimum atomic E-state index is -2.92. The van der Waals surface area contributed by atoms with E-state index >= 15 is 0 Å². The standard InChI is InChI=1S/C21H24N4O4S3/c26-19(12-30-21-24-23-18(29-21)11-14-7-10-32(27,28)13-14)25-8-5-15(6-9-25)20-22-16-3-1-2-4-17(16)31-20/h1-4,14-15H,5-13H2. The number of amides is 1. The fraction of sp³-hybridized carbons (Fsp3) is 0.524.